The van der Waals surface area contributed by atoms with Crippen molar-refractivity contribution in [3.05, 3.63) is 34.3 Å². The van der Waals surface area contributed by atoms with Gasteiger partial charge in [-0.05, 0) is 37.4 Å². The van der Waals surface area contributed by atoms with Crippen molar-refractivity contribution in [3.8, 4) is 0 Å². The summed E-state index contributed by atoms with van der Waals surface area (Å²) >= 11 is 3.57. The van der Waals surface area contributed by atoms with Crippen LogP contribution in [0.25, 0.3) is 0 Å². The van der Waals surface area contributed by atoms with E-state index in [-0.39, 0.29) is 6.04 Å². The Morgan fingerprint density at radius 1 is 1.28 bits per heavy atom. The van der Waals surface area contributed by atoms with Gasteiger partial charge in [-0.3, -0.25) is 0 Å². The first-order chi connectivity index (χ1) is 8.53. The standard InChI is InChI=1S/C13H18BrNO2S/c1-15-13(11-4-2-3-5-12(11)14)10-6-8-18(16,17)9-7-10/h2-5,10,13,15H,6-9H2,1H3. The van der Waals surface area contributed by atoms with Gasteiger partial charge in [-0.15, -0.1) is 0 Å². The van der Waals surface area contributed by atoms with Gasteiger partial charge in [0.15, 0.2) is 0 Å². The van der Waals surface area contributed by atoms with Crippen molar-refractivity contribution in [1.82, 2.24) is 5.32 Å². The molecule has 0 amide bonds. The summed E-state index contributed by atoms with van der Waals surface area (Å²) in [5, 5.41) is 3.33. The molecule has 3 nitrogen and oxygen atoms in total. The van der Waals surface area contributed by atoms with Gasteiger partial charge in [-0.25, -0.2) is 8.42 Å². The molecule has 1 aliphatic rings. The van der Waals surface area contributed by atoms with E-state index in [4.69, 9.17) is 0 Å². The number of sulfone groups is 1. The number of benzene rings is 1. The molecule has 2 rings (SSSR count). The van der Waals surface area contributed by atoms with Crippen molar-refractivity contribution in [2.24, 2.45) is 5.92 Å². The molecule has 1 fully saturated rings. The third kappa shape index (κ3) is 3.13. The van der Waals surface area contributed by atoms with E-state index in [0.717, 1.165) is 17.3 Å². The number of hydrogen-bond donors (Lipinski definition) is 1. The van der Waals surface area contributed by atoms with Gasteiger partial charge in [0, 0.05) is 10.5 Å². The number of rotatable bonds is 3. The molecule has 100 valence electrons. The summed E-state index contributed by atoms with van der Waals surface area (Å²) in [6, 6.07) is 8.35. The second-order valence-corrected chi connectivity index (χ2v) is 7.94. The van der Waals surface area contributed by atoms with E-state index in [1.807, 2.05) is 25.2 Å². The lowest BCUT2D eigenvalue weighted by atomic mass is 9.88. The lowest BCUT2D eigenvalue weighted by molar-refractivity contribution is 0.349. The van der Waals surface area contributed by atoms with Crippen molar-refractivity contribution in [1.29, 1.82) is 0 Å². The molecule has 0 spiro atoms. The van der Waals surface area contributed by atoms with Gasteiger partial charge in [-0.2, -0.15) is 0 Å². The minimum Gasteiger partial charge on any atom is -0.313 e. The minimum absolute atomic E-state index is 0.219. The highest BCUT2D eigenvalue weighted by Crippen LogP contribution is 2.34. The second-order valence-electron chi connectivity index (χ2n) is 4.78. The zero-order valence-electron chi connectivity index (χ0n) is 10.4. The summed E-state index contributed by atoms with van der Waals surface area (Å²) in [4.78, 5) is 0. The van der Waals surface area contributed by atoms with Crippen molar-refractivity contribution in [3.63, 3.8) is 0 Å². The number of nitrogens with one attached hydrogen (secondary N) is 1. The highest BCUT2D eigenvalue weighted by molar-refractivity contribution is 9.10. The molecule has 1 atom stereocenters. The van der Waals surface area contributed by atoms with Crippen molar-refractivity contribution >= 4 is 25.8 Å². The molecular weight excluding hydrogens is 314 g/mol. The van der Waals surface area contributed by atoms with Crippen molar-refractivity contribution in [2.75, 3.05) is 18.6 Å². The molecule has 0 bridgehead atoms. The first-order valence-corrected chi connectivity index (χ1v) is 8.77. The largest absolute Gasteiger partial charge is 0.313 e. The third-order valence-corrected chi connectivity index (χ3v) is 6.06. The first-order valence-electron chi connectivity index (χ1n) is 6.15. The maximum atomic E-state index is 11.5. The van der Waals surface area contributed by atoms with Crippen molar-refractivity contribution in [2.45, 2.75) is 18.9 Å². The average molecular weight is 332 g/mol. The van der Waals surface area contributed by atoms with Crippen LogP contribution in [0.5, 0.6) is 0 Å². The summed E-state index contributed by atoms with van der Waals surface area (Å²) in [5.74, 6) is 1.03. The smallest absolute Gasteiger partial charge is 0.150 e. The Morgan fingerprint density at radius 3 is 2.44 bits per heavy atom. The molecule has 0 radical (unpaired) electrons. The molecule has 1 saturated heterocycles. The maximum Gasteiger partial charge on any atom is 0.150 e. The van der Waals surface area contributed by atoms with E-state index in [9.17, 15) is 8.42 Å². The second kappa shape index (κ2) is 5.72. The van der Waals surface area contributed by atoms with Crippen LogP contribution in [0.4, 0.5) is 0 Å². The summed E-state index contributed by atoms with van der Waals surface area (Å²) in [6.45, 7) is 0. The Morgan fingerprint density at radius 2 is 1.89 bits per heavy atom. The molecule has 1 N–H and O–H groups in total. The molecule has 5 heteroatoms. The fourth-order valence-electron chi connectivity index (χ4n) is 2.61. The minimum atomic E-state index is -2.79. The predicted octanol–water partition coefficient (Wildman–Crippen LogP) is 2.53. The van der Waals surface area contributed by atoms with Crippen LogP contribution in [0.3, 0.4) is 0 Å². The highest BCUT2D eigenvalue weighted by Gasteiger charge is 2.30. The fourth-order valence-corrected chi connectivity index (χ4v) is 4.67. The zero-order valence-corrected chi connectivity index (χ0v) is 12.8. The summed E-state index contributed by atoms with van der Waals surface area (Å²) in [6.07, 6.45) is 1.49. The lowest BCUT2D eigenvalue weighted by Crippen LogP contribution is -2.32. The Labute approximate surface area is 117 Å². The van der Waals surface area contributed by atoms with Gasteiger partial charge >= 0.3 is 0 Å². The Bertz CT molecular complexity index is 501. The molecule has 1 aromatic carbocycles. The SMILES string of the molecule is CNC(c1ccccc1Br)C1CCS(=O)(=O)CC1. The monoisotopic (exact) mass is 331 g/mol. The van der Waals surface area contributed by atoms with Crippen LogP contribution >= 0.6 is 15.9 Å². The maximum absolute atomic E-state index is 11.5. The fraction of sp³-hybridized carbons (Fsp3) is 0.538. The lowest BCUT2D eigenvalue weighted by Gasteiger charge is -2.30. The Hall–Kier alpha value is -0.390. The molecule has 1 aromatic rings. The zero-order chi connectivity index (χ0) is 13.2. The Kier molecular flexibility index (Phi) is 4.45. The van der Waals surface area contributed by atoms with Gasteiger partial charge in [-0.1, -0.05) is 34.1 Å². The van der Waals surface area contributed by atoms with E-state index in [0.29, 0.717) is 17.4 Å². The van der Waals surface area contributed by atoms with E-state index in [2.05, 4.69) is 27.3 Å². The molecular formula is C13H18BrNO2S. The quantitative estimate of drug-likeness (QED) is 0.925. The van der Waals surface area contributed by atoms with Crippen LogP contribution in [-0.4, -0.2) is 27.0 Å². The molecule has 0 aromatic heterocycles. The van der Waals surface area contributed by atoms with E-state index >= 15 is 0 Å². The van der Waals surface area contributed by atoms with Crippen molar-refractivity contribution < 1.29 is 8.42 Å². The summed E-state index contributed by atoms with van der Waals surface area (Å²) in [7, 11) is -0.852. The average Bonchev–Trinajstić information content (AvgIpc) is 2.34. The topological polar surface area (TPSA) is 46.2 Å². The van der Waals surface area contributed by atoms with Gasteiger partial charge in [0.25, 0.3) is 0 Å². The van der Waals surface area contributed by atoms with Crippen LogP contribution in [0.15, 0.2) is 28.7 Å². The van der Waals surface area contributed by atoms with Gasteiger partial charge in [0.2, 0.25) is 0 Å². The molecule has 0 aliphatic carbocycles. The number of halogens is 1. The van der Waals surface area contributed by atoms with Crippen LogP contribution in [-0.2, 0) is 9.84 Å². The van der Waals surface area contributed by atoms with Crippen LogP contribution in [0, 0.1) is 5.92 Å². The number of hydrogen-bond acceptors (Lipinski definition) is 3. The first kappa shape index (κ1) is 14.0. The van der Waals surface area contributed by atoms with Crippen LogP contribution in [0.1, 0.15) is 24.4 Å². The predicted molar refractivity (Wildman–Crippen MR) is 77.3 cm³/mol. The van der Waals surface area contributed by atoms with Gasteiger partial charge < -0.3 is 5.32 Å². The molecule has 0 saturated carbocycles. The molecule has 18 heavy (non-hydrogen) atoms. The normalized spacial score (nSPS) is 21.7. The van der Waals surface area contributed by atoms with E-state index in [1.165, 1.54) is 5.56 Å². The summed E-state index contributed by atoms with van der Waals surface area (Å²) < 4.78 is 24.0. The van der Waals surface area contributed by atoms with E-state index in [1.54, 1.807) is 0 Å². The molecule has 1 unspecified atom stereocenters. The van der Waals surface area contributed by atoms with E-state index < -0.39 is 9.84 Å². The van der Waals surface area contributed by atoms with Crippen LogP contribution < -0.4 is 5.32 Å². The highest BCUT2D eigenvalue weighted by atomic mass is 79.9. The third-order valence-electron chi connectivity index (χ3n) is 3.62. The molecule has 1 heterocycles. The van der Waals surface area contributed by atoms with Gasteiger partial charge in [0.05, 0.1) is 11.5 Å². The molecule has 1 aliphatic heterocycles. The van der Waals surface area contributed by atoms with Gasteiger partial charge in [0.1, 0.15) is 9.84 Å². The van der Waals surface area contributed by atoms with Crippen LogP contribution in [0.2, 0.25) is 0 Å². The summed E-state index contributed by atoms with van der Waals surface area (Å²) in [5.41, 5.74) is 1.21. The Balaban J connectivity index is 2.18.